The molecule has 0 fully saturated rings. The Balaban J connectivity index is 1.83. The van der Waals surface area contributed by atoms with Crippen molar-refractivity contribution >= 4 is 34.3 Å². The number of Topliss-reactive ketones (excluding diaryl/α,β-unsaturated/α-hetero) is 1. The van der Waals surface area contributed by atoms with E-state index in [4.69, 9.17) is 9.84 Å². The van der Waals surface area contributed by atoms with E-state index < -0.39 is 5.97 Å². The minimum atomic E-state index is -1.02. The monoisotopic (exact) mass is 492 g/mol. The van der Waals surface area contributed by atoms with Crippen LogP contribution in [-0.4, -0.2) is 23.5 Å². The molecule has 0 radical (unpaired) electrons. The lowest BCUT2D eigenvalue weighted by atomic mass is 9.63. The Bertz CT molecular complexity index is 944. The van der Waals surface area contributed by atoms with Gasteiger partial charge in [-0.3, -0.25) is 4.79 Å². The molecule has 0 bridgehead atoms. The van der Waals surface area contributed by atoms with Crippen LogP contribution in [0.2, 0.25) is 0 Å². The van der Waals surface area contributed by atoms with Crippen LogP contribution in [0, 0.1) is 3.57 Å². The number of carboxylic acids is 1. The summed E-state index contributed by atoms with van der Waals surface area (Å²) in [7, 11) is 0. The van der Waals surface area contributed by atoms with E-state index in [9.17, 15) is 9.59 Å². The van der Waals surface area contributed by atoms with E-state index in [1.54, 1.807) is 6.07 Å². The molecule has 0 spiro atoms. The number of hydrogen-bond acceptors (Lipinski definition) is 3. The van der Waals surface area contributed by atoms with E-state index in [0.717, 1.165) is 16.4 Å². The number of carbonyl (C=O) groups is 2. The molecule has 0 amide bonds. The van der Waals surface area contributed by atoms with E-state index in [0.29, 0.717) is 11.3 Å². The lowest BCUT2D eigenvalue weighted by Crippen LogP contribution is -2.34. The zero-order valence-corrected chi connectivity index (χ0v) is 18.8. The second-order valence-corrected chi connectivity index (χ2v) is 9.85. The summed E-state index contributed by atoms with van der Waals surface area (Å²) in [6.45, 7) is 8.84. The number of ether oxygens (including phenoxy) is 1. The Kier molecular flexibility index (Phi) is 5.58. The minimum absolute atomic E-state index is 0.0349. The highest BCUT2D eigenvalue weighted by atomic mass is 127. The van der Waals surface area contributed by atoms with E-state index in [2.05, 4.69) is 56.4 Å². The van der Waals surface area contributed by atoms with Crippen LogP contribution < -0.4 is 4.74 Å². The second-order valence-electron chi connectivity index (χ2n) is 8.69. The first kappa shape index (κ1) is 20.8. The fraction of sp³-hybridized carbons (Fsp3) is 0.391. The molecule has 3 rings (SSSR count). The molecule has 1 aliphatic carbocycles. The first-order valence-corrected chi connectivity index (χ1v) is 10.4. The summed E-state index contributed by atoms with van der Waals surface area (Å²) < 4.78 is 6.43. The maximum atomic E-state index is 12.8. The van der Waals surface area contributed by atoms with Gasteiger partial charge in [0, 0.05) is 5.56 Å². The molecule has 0 aliphatic heterocycles. The summed E-state index contributed by atoms with van der Waals surface area (Å²) >= 11 is 2.07. The first-order chi connectivity index (χ1) is 13.0. The number of carboxylic acid groups (broad SMARTS) is 1. The number of rotatable bonds is 5. The Labute approximate surface area is 179 Å². The van der Waals surface area contributed by atoms with Crippen molar-refractivity contribution in [1.82, 2.24) is 0 Å². The molecule has 0 heterocycles. The molecule has 28 heavy (non-hydrogen) atoms. The van der Waals surface area contributed by atoms with Crippen molar-refractivity contribution in [3.8, 4) is 5.75 Å². The number of fused-ring (bicyclic) bond motifs is 1. The number of benzene rings is 2. The van der Waals surface area contributed by atoms with Crippen molar-refractivity contribution in [1.29, 1.82) is 0 Å². The number of aromatic carboxylic acids is 1. The standard InChI is InChI=1S/C23H25IO4/c1-22(2)9-10-23(3,4)17-11-14(5-7-16(17)22)19(25)13-28-20-12-15(21(26)27)6-8-18(20)24/h5-8,11-12H,9-10,13H2,1-4H3,(H,26,27). The van der Waals surface area contributed by atoms with Gasteiger partial charge in [-0.25, -0.2) is 4.79 Å². The summed E-state index contributed by atoms with van der Waals surface area (Å²) in [6.07, 6.45) is 2.21. The fourth-order valence-electron chi connectivity index (χ4n) is 3.74. The SMILES string of the molecule is CC1(C)CCC(C)(C)c2cc(C(=O)COc3cc(C(=O)O)ccc3I)ccc21. The molecule has 148 valence electrons. The summed E-state index contributed by atoms with van der Waals surface area (Å²) in [5.41, 5.74) is 3.46. The molecule has 0 aromatic heterocycles. The van der Waals surface area contributed by atoms with Gasteiger partial charge in [0.25, 0.3) is 0 Å². The second kappa shape index (κ2) is 7.50. The molecule has 1 N–H and O–H groups in total. The maximum absolute atomic E-state index is 12.8. The molecular weight excluding hydrogens is 467 g/mol. The zero-order chi connectivity index (χ0) is 20.7. The lowest BCUT2D eigenvalue weighted by molar-refractivity contribution is 0.0696. The van der Waals surface area contributed by atoms with Gasteiger partial charge in [-0.1, -0.05) is 39.8 Å². The van der Waals surface area contributed by atoms with Gasteiger partial charge in [-0.2, -0.15) is 0 Å². The Hall–Kier alpha value is -1.89. The Morgan fingerprint density at radius 2 is 1.57 bits per heavy atom. The van der Waals surface area contributed by atoms with Crippen LogP contribution in [0.3, 0.4) is 0 Å². The third-order valence-electron chi connectivity index (χ3n) is 5.71. The molecule has 0 unspecified atom stereocenters. The third-order valence-corrected chi connectivity index (χ3v) is 6.60. The van der Waals surface area contributed by atoms with Gasteiger partial charge < -0.3 is 9.84 Å². The molecule has 2 aromatic carbocycles. The van der Waals surface area contributed by atoms with Crippen LogP contribution >= 0.6 is 22.6 Å². The molecule has 2 aromatic rings. The molecule has 1 aliphatic rings. The predicted molar refractivity (Wildman–Crippen MR) is 118 cm³/mol. The van der Waals surface area contributed by atoms with Gasteiger partial charge >= 0.3 is 5.97 Å². The smallest absolute Gasteiger partial charge is 0.335 e. The van der Waals surface area contributed by atoms with Crippen LogP contribution in [-0.2, 0) is 10.8 Å². The van der Waals surface area contributed by atoms with Crippen LogP contribution in [0.4, 0.5) is 0 Å². The van der Waals surface area contributed by atoms with Gasteiger partial charge in [0.05, 0.1) is 9.13 Å². The summed E-state index contributed by atoms with van der Waals surface area (Å²) in [5, 5.41) is 9.13. The Morgan fingerprint density at radius 3 is 2.21 bits per heavy atom. The number of carbonyl (C=O) groups excluding carboxylic acids is 1. The van der Waals surface area contributed by atoms with Crippen LogP contribution in [0.15, 0.2) is 36.4 Å². The van der Waals surface area contributed by atoms with Crippen molar-refractivity contribution in [2.45, 2.75) is 51.4 Å². The quantitative estimate of drug-likeness (QED) is 0.436. The predicted octanol–water partition coefficient (Wildman–Crippen LogP) is 5.60. The van der Waals surface area contributed by atoms with Gasteiger partial charge in [-0.05, 0) is 81.7 Å². The number of hydrogen-bond donors (Lipinski definition) is 1. The fourth-order valence-corrected chi connectivity index (χ4v) is 4.23. The van der Waals surface area contributed by atoms with E-state index in [1.165, 1.54) is 23.3 Å². The van der Waals surface area contributed by atoms with Crippen LogP contribution in [0.25, 0.3) is 0 Å². The normalized spacial score (nSPS) is 16.9. The molecule has 0 saturated heterocycles. The van der Waals surface area contributed by atoms with Gasteiger partial charge in [0.1, 0.15) is 5.75 Å². The molecule has 4 nitrogen and oxygen atoms in total. The van der Waals surface area contributed by atoms with E-state index >= 15 is 0 Å². The molecule has 0 saturated carbocycles. The summed E-state index contributed by atoms with van der Waals surface area (Å²) in [4.78, 5) is 23.9. The van der Waals surface area contributed by atoms with Crippen molar-refractivity contribution in [2.24, 2.45) is 0 Å². The molecule has 0 atom stereocenters. The first-order valence-electron chi connectivity index (χ1n) is 9.35. The largest absolute Gasteiger partial charge is 0.484 e. The number of halogens is 1. The van der Waals surface area contributed by atoms with E-state index in [-0.39, 0.29) is 28.8 Å². The van der Waals surface area contributed by atoms with Crippen molar-refractivity contribution in [3.05, 3.63) is 62.2 Å². The van der Waals surface area contributed by atoms with Gasteiger partial charge in [-0.15, -0.1) is 0 Å². The van der Waals surface area contributed by atoms with Crippen molar-refractivity contribution in [3.63, 3.8) is 0 Å². The van der Waals surface area contributed by atoms with E-state index in [1.807, 2.05) is 12.1 Å². The highest BCUT2D eigenvalue weighted by molar-refractivity contribution is 14.1. The summed E-state index contributed by atoms with van der Waals surface area (Å²) in [5.74, 6) is -0.723. The highest BCUT2D eigenvalue weighted by Crippen LogP contribution is 2.45. The molecular formula is C23H25IO4. The lowest BCUT2D eigenvalue weighted by Gasteiger charge is -2.42. The average molecular weight is 492 g/mol. The zero-order valence-electron chi connectivity index (χ0n) is 16.6. The summed E-state index contributed by atoms with van der Waals surface area (Å²) in [6, 6.07) is 10.6. The van der Waals surface area contributed by atoms with Gasteiger partial charge in [0.2, 0.25) is 0 Å². The van der Waals surface area contributed by atoms with Gasteiger partial charge in [0.15, 0.2) is 12.4 Å². The van der Waals surface area contributed by atoms with Crippen molar-refractivity contribution in [2.75, 3.05) is 6.61 Å². The van der Waals surface area contributed by atoms with Crippen molar-refractivity contribution < 1.29 is 19.4 Å². The minimum Gasteiger partial charge on any atom is -0.484 e. The number of ketones is 1. The molecule has 5 heteroatoms. The third kappa shape index (κ3) is 4.09. The highest BCUT2D eigenvalue weighted by Gasteiger charge is 2.37. The topological polar surface area (TPSA) is 63.6 Å². The van der Waals surface area contributed by atoms with Crippen LogP contribution in [0.1, 0.15) is 72.4 Å². The average Bonchev–Trinajstić information content (AvgIpc) is 2.64. The maximum Gasteiger partial charge on any atom is 0.335 e. The van der Waals surface area contributed by atoms with Crippen LogP contribution in [0.5, 0.6) is 5.75 Å². The Morgan fingerprint density at radius 1 is 0.964 bits per heavy atom.